The Balaban J connectivity index is 2.90. The lowest BCUT2D eigenvalue weighted by Crippen LogP contribution is -2.12. The fraction of sp³-hybridized carbons (Fsp3) is 0.444. The van der Waals surface area contributed by atoms with E-state index in [1.807, 2.05) is 17.7 Å². The van der Waals surface area contributed by atoms with E-state index in [2.05, 4.69) is 15.9 Å². The van der Waals surface area contributed by atoms with Crippen LogP contribution in [0.5, 0.6) is 0 Å². The summed E-state index contributed by atoms with van der Waals surface area (Å²) < 4.78 is 5.72. The van der Waals surface area contributed by atoms with Crippen molar-refractivity contribution in [3.63, 3.8) is 0 Å². The van der Waals surface area contributed by atoms with Crippen molar-refractivity contribution in [1.82, 2.24) is 0 Å². The normalized spacial score (nSPS) is 12.5. The van der Waals surface area contributed by atoms with E-state index in [0.29, 0.717) is 0 Å². The average molecular weight is 263 g/mol. The van der Waals surface area contributed by atoms with Crippen LogP contribution in [-0.4, -0.2) is 13.1 Å². The van der Waals surface area contributed by atoms with Gasteiger partial charge in [0.05, 0.1) is 13.0 Å². The molecule has 0 fully saturated rings. The molecule has 0 amide bonds. The smallest absolute Gasteiger partial charge is 0.313 e. The summed E-state index contributed by atoms with van der Waals surface area (Å²) in [6.07, 6.45) is 0.766. The van der Waals surface area contributed by atoms with Crippen LogP contribution >= 0.6 is 27.3 Å². The first kappa shape index (κ1) is 10.7. The largest absolute Gasteiger partial charge is 0.469 e. The first-order valence-corrected chi connectivity index (χ1v) is 5.73. The van der Waals surface area contributed by atoms with Gasteiger partial charge in [0.2, 0.25) is 0 Å². The van der Waals surface area contributed by atoms with Crippen molar-refractivity contribution in [1.29, 1.82) is 0 Å². The van der Waals surface area contributed by atoms with Crippen LogP contribution in [0.25, 0.3) is 0 Å². The predicted molar refractivity (Wildman–Crippen MR) is 57.1 cm³/mol. The van der Waals surface area contributed by atoms with Crippen LogP contribution < -0.4 is 0 Å². The Morgan fingerprint density at radius 2 is 2.38 bits per heavy atom. The third-order valence-electron chi connectivity index (χ3n) is 1.91. The van der Waals surface area contributed by atoms with Gasteiger partial charge in [0, 0.05) is 9.85 Å². The lowest BCUT2D eigenvalue weighted by atomic mass is 10.00. The molecular weight excluding hydrogens is 252 g/mol. The van der Waals surface area contributed by atoms with E-state index in [4.69, 9.17) is 4.74 Å². The third-order valence-corrected chi connectivity index (χ3v) is 3.66. The number of rotatable bonds is 3. The van der Waals surface area contributed by atoms with Gasteiger partial charge in [-0.15, -0.1) is 0 Å². The lowest BCUT2D eigenvalue weighted by Gasteiger charge is -2.10. The highest BCUT2D eigenvalue weighted by Gasteiger charge is 2.21. The van der Waals surface area contributed by atoms with Gasteiger partial charge >= 0.3 is 5.97 Å². The number of hydrogen-bond donors (Lipinski definition) is 0. The molecule has 0 N–H and O–H groups in total. The van der Waals surface area contributed by atoms with Crippen LogP contribution in [0.4, 0.5) is 0 Å². The van der Waals surface area contributed by atoms with Gasteiger partial charge in [-0.1, -0.05) is 6.92 Å². The van der Waals surface area contributed by atoms with Crippen LogP contribution in [0.15, 0.2) is 15.2 Å². The van der Waals surface area contributed by atoms with E-state index in [-0.39, 0.29) is 11.9 Å². The van der Waals surface area contributed by atoms with Crippen molar-refractivity contribution in [3.8, 4) is 0 Å². The second-order valence-electron chi connectivity index (χ2n) is 2.66. The molecule has 0 aliphatic carbocycles. The quantitative estimate of drug-likeness (QED) is 0.783. The van der Waals surface area contributed by atoms with Crippen LogP contribution in [0.3, 0.4) is 0 Å². The maximum absolute atomic E-state index is 11.4. The molecule has 0 aliphatic heterocycles. The monoisotopic (exact) mass is 262 g/mol. The Hall–Kier alpha value is -0.350. The van der Waals surface area contributed by atoms with E-state index in [9.17, 15) is 4.79 Å². The number of thiophene rings is 1. The molecule has 2 nitrogen and oxygen atoms in total. The summed E-state index contributed by atoms with van der Waals surface area (Å²) in [7, 11) is 1.42. The van der Waals surface area contributed by atoms with Gasteiger partial charge in [0.25, 0.3) is 0 Å². The van der Waals surface area contributed by atoms with Crippen molar-refractivity contribution in [3.05, 3.63) is 20.8 Å². The predicted octanol–water partition coefficient (Wildman–Crippen LogP) is 3.18. The molecule has 1 rings (SSSR count). The van der Waals surface area contributed by atoms with Crippen molar-refractivity contribution < 1.29 is 9.53 Å². The van der Waals surface area contributed by atoms with Gasteiger partial charge < -0.3 is 4.74 Å². The molecule has 1 aromatic heterocycles. The second kappa shape index (κ2) is 4.77. The summed E-state index contributed by atoms with van der Waals surface area (Å²) >= 11 is 4.99. The summed E-state index contributed by atoms with van der Waals surface area (Å²) in [5, 5.41) is 3.95. The van der Waals surface area contributed by atoms with E-state index >= 15 is 0 Å². The molecule has 1 heterocycles. The summed E-state index contributed by atoms with van der Waals surface area (Å²) in [5.41, 5.74) is 1.03. The first-order chi connectivity index (χ1) is 6.20. The molecule has 0 aliphatic rings. The summed E-state index contributed by atoms with van der Waals surface area (Å²) in [6, 6.07) is 0. The molecule has 1 atom stereocenters. The summed E-state index contributed by atoms with van der Waals surface area (Å²) in [5.74, 6) is -0.299. The minimum Gasteiger partial charge on any atom is -0.469 e. The minimum atomic E-state index is -0.165. The topological polar surface area (TPSA) is 26.3 Å². The van der Waals surface area contributed by atoms with Crippen LogP contribution in [-0.2, 0) is 9.53 Å². The fourth-order valence-electron chi connectivity index (χ4n) is 1.20. The first-order valence-electron chi connectivity index (χ1n) is 4.00. The van der Waals surface area contributed by atoms with E-state index in [0.717, 1.165) is 16.5 Å². The molecular formula is C9H11BrO2S. The number of halogens is 1. The SMILES string of the molecule is CCC(C(=O)OC)c1cscc1Br. The molecule has 0 bridgehead atoms. The Kier molecular flexibility index (Phi) is 3.93. The zero-order chi connectivity index (χ0) is 9.84. The van der Waals surface area contributed by atoms with Gasteiger partial charge in [0.1, 0.15) is 0 Å². The maximum atomic E-state index is 11.4. The minimum absolute atomic E-state index is 0.134. The number of ether oxygens (including phenoxy) is 1. The maximum Gasteiger partial charge on any atom is 0.313 e. The van der Waals surface area contributed by atoms with Gasteiger partial charge in [0.15, 0.2) is 0 Å². The molecule has 1 aromatic rings. The molecule has 1 unspecified atom stereocenters. The number of esters is 1. The molecule has 0 spiro atoms. The number of methoxy groups -OCH3 is 1. The molecule has 72 valence electrons. The van der Waals surface area contributed by atoms with Crippen LogP contribution in [0.1, 0.15) is 24.8 Å². The Labute approximate surface area is 90.0 Å². The fourth-order valence-corrected chi connectivity index (χ4v) is 2.82. The highest BCUT2D eigenvalue weighted by atomic mass is 79.9. The van der Waals surface area contributed by atoms with Crippen molar-refractivity contribution in [2.24, 2.45) is 0 Å². The average Bonchev–Trinajstić information content (AvgIpc) is 2.53. The van der Waals surface area contributed by atoms with Gasteiger partial charge in [-0.05, 0) is 33.3 Å². The van der Waals surface area contributed by atoms with Crippen molar-refractivity contribution in [2.75, 3.05) is 7.11 Å². The zero-order valence-electron chi connectivity index (χ0n) is 7.54. The van der Waals surface area contributed by atoms with Gasteiger partial charge in [-0.3, -0.25) is 4.79 Å². The van der Waals surface area contributed by atoms with Crippen molar-refractivity contribution in [2.45, 2.75) is 19.3 Å². The molecule has 4 heteroatoms. The highest BCUT2D eigenvalue weighted by Crippen LogP contribution is 2.31. The van der Waals surface area contributed by atoms with E-state index in [1.54, 1.807) is 11.3 Å². The summed E-state index contributed by atoms with van der Waals surface area (Å²) in [6.45, 7) is 1.98. The number of carbonyl (C=O) groups is 1. The van der Waals surface area contributed by atoms with Gasteiger partial charge in [-0.2, -0.15) is 11.3 Å². The zero-order valence-corrected chi connectivity index (χ0v) is 9.94. The number of carbonyl (C=O) groups excluding carboxylic acids is 1. The molecule has 0 radical (unpaired) electrons. The number of hydrogen-bond acceptors (Lipinski definition) is 3. The standard InChI is InChI=1S/C9H11BrO2S/c1-3-6(9(11)12-2)7-4-13-5-8(7)10/h4-6H,3H2,1-2H3. The molecule has 13 heavy (non-hydrogen) atoms. The van der Waals surface area contributed by atoms with E-state index in [1.165, 1.54) is 7.11 Å². The van der Waals surface area contributed by atoms with E-state index < -0.39 is 0 Å². The molecule has 0 aromatic carbocycles. The molecule has 0 saturated carbocycles. The Bertz CT molecular complexity index is 296. The summed E-state index contributed by atoms with van der Waals surface area (Å²) in [4.78, 5) is 11.4. The Morgan fingerprint density at radius 1 is 1.69 bits per heavy atom. The van der Waals surface area contributed by atoms with Gasteiger partial charge in [-0.25, -0.2) is 0 Å². The lowest BCUT2D eigenvalue weighted by molar-refractivity contribution is -0.142. The van der Waals surface area contributed by atoms with Crippen molar-refractivity contribution >= 4 is 33.2 Å². The third kappa shape index (κ3) is 2.31. The second-order valence-corrected chi connectivity index (χ2v) is 4.26. The van der Waals surface area contributed by atoms with Crippen LogP contribution in [0, 0.1) is 0 Å². The Morgan fingerprint density at radius 3 is 2.77 bits per heavy atom. The van der Waals surface area contributed by atoms with Crippen LogP contribution in [0.2, 0.25) is 0 Å². The highest BCUT2D eigenvalue weighted by molar-refractivity contribution is 9.10. The molecule has 0 saturated heterocycles.